The average Bonchev–Trinajstić information content (AvgIpc) is 3.26. The van der Waals surface area contributed by atoms with E-state index in [0.717, 1.165) is 18.5 Å². The van der Waals surface area contributed by atoms with E-state index in [1.54, 1.807) is 7.11 Å². The number of carbonyl (C=O) groups is 2. The van der Waals surface area contributed by atoms with E-state index in [2.05, 4.69) is 10.3 Å². The van der Waals surface area contributed by atoms with Crippen molar-refractivity contribution in [3.05, 3.63) is 22.9 Å². The van der Waals surface area contributed by atoms with Gasteiger partial charge in [0.05, 0.1) is 31.0 Å². The lowest BCUT2D eigenvalue weighted by molar-refractivity contribution is -0.122. The highest BCUT2D eigenvalue weighted by atomic mass is 16.5. The fourth-order valence-electron chi connectivity index (χ4n) is 4.01. The van der Waals surface area contributed by atoms with Crippen molar-refractivity contribution in [3.63, 3.8) is 0 Å². The molecule has 0 bridgehead atoms. The minimum absolute atomic E-state index is 0.0381. The van der Waals surface area contributed by atoms with Crippen LogP contribution in [0.2, 0.25) is 0 Å². The van der Waals surface area contributed by atoms with Crippen LogP contribution < -0.4 is 15.8 Å². The molecule has 0 saturated heterocycles. The third-order valence-electron chi connectivity index (χ3n) is 5.43. The van der Waals surface area contributed by atoms with Crippen LogP contribution in [-0.2, 0) is 17.9 Å². The normalized spacial score (nSPS) is 18.1. The van der Waals surface area contributed by atoms with E-state index < -0.39 is 6.04 Å². The Hall–Kier alpha value is -2.15. The Bertz CT molecular complexity index is 713. The highest BCUT2D eigenvalue weighted by Gasteiger charge is 2.36. The molecule has 3 N–H and O–H groups in total. The van der Waals surface area contributed by atoms with E-state index >= 15 is 0 Å². The van der Waals surface area contributed by atoms with Crippen LogP contribution in [0, 0.1) is 5.92 Å². The summed E-state index contributed by atoms with van der Waals surface area (Å²) >= 11 is 0. The lowest BCUT2D eigenvalue weighted by Crippen LogP contribution is -2.41. The molecule has 0 aromatic carbocycles. The summed E-state index contributed by atoms with van der Waals surface area (Å²) in [6.07, 6.45) is 5.10. The van der Waals surface area contributed by atoms with Crippen LogP contribution in [0.1, 0.15) is 67.6 Å². The number of hydrogen-bond acceptors (Lipinski definition) is 5. The minimum Gasteiger partial charge on any atom is -0.481 e. The number of fused-ring (bicyclic) bond motifs is 1. The van der Waals surface area contributed by atoms with E-state index in [9.17, 15) is 9.59 Å². The van der Waals surface area contributed by atoms with Crippen molar-refractivity contribution in [2.45, 2.75) is 71.1 Å². The maximum Gasteiger partial charge on any atom is 0.256 e. The number of pyridine rings is 1. The van der Waals surface area contributed by atoms with E-state index in [4.69, 9.17) is 10.5 Å². The maximum atomic E-state index is 12.8. The Balaban J connectivity index is 1.72. The van der Waals surface area contributed by atoms with Crippen molar-refractivity contribution in [3.8, 4) is 5.88 Å². The van der Waals surface area contributed by atoms with Gasteiger partial charge in [-0.05, 0) is 31.2 Å². The van der Waals surface area contributed by atoms with Crippen molar-refractivity contribution in [2.75, 3.05) is 7.11 Å². The van der Waals surface area contributed by atoms with Gasteiger partial charge in [0.2, 0.25) is 11.8 Å². The first-order chi connectivity index (χ1) is 12.9. The molecule has 1 saturated carbocycles. The lowest BCUT2D eigenvalue weighted by atomic mass is 10.0. The van der Waals surface area contributed by atoms with Gasteiger partial charge >= 0.3 is 0 Å². The van der Waals surface area contributed by atoms with Crippen LogP contribution >= 0.6 is 0 Å². The van der Waals surface area contributed by atoms with Gasteiger partial charge in [0.15, 0.2) is 0 Å². The third kappa shape index (κ3) is 4.24. The molecule has 1 fully saturated rings. The number of nitrogens with two attached hydrogens (primary N) is 1. The van der Waals surface area contributed by atoms with E-state index in [0.29, 0.717) is 41.9 Å². The second kappa shape index (κ2) is 8.25. The van der Waals surface area contributed by atoms with Crippen molar-refractivity contribution in [1.82, 2.24) is 15.2 Å². The highest BCUT2D eigenvalue weighted by molar-refractivity contribution is 5.98. The van der Waals surface area contributed by atoms with Crippen LogP contribution in [0.15, 0.2) is 6.07 Å². The molecule has 7 nitrogen and oxygen atoms in total. The van der Waals surface area contributed by atoms with Gasteiger partial charge in [-0.1, -0.05) is 26.7 Å². The van der Waals surface area contributed by atoms with E-state index in [1.165, 1.54) is 12.8 Å². The predicted molar refractivity (Wildman–Crippen MR) is 102 cm³/mol. The van der Waals surface area contributed by atoms with Crippen LogP contribution in [0.5, 0.6) is 5.88 Å². The predicted octanol–water partition coefficient (Wildman–Crippen LogP) is 1.98. The molecule has 7 heteroatoms. The lowest BCUT2D eigenvalue weighted by Gasteiger charge is -2.22. The molecule has 0 unspecified atom stereocenters. The second-order valence-electron chi connectivity index (χ2n) is 7.98. The summed E-state index contributed by atoms with van der Waals surface area (Å²) in [4.78, 5) is 31.5. The fraction of sp³-hybridized carbons (Fsp3) is 0.650. The van der Waals surface area contributed by atoms with Gasteiger partial charge in [-0.15, -0.1) is 0 Å². The van der Waals surface area contributed by atoms with Gasteiger partial charge in [-0.2, -0.15) is 0 Å². The first-order valence-electron chi connectivity index (χ1n) is 9.81. The summed E-state index contributed by atoms with van der Waals surface area (Å²) < 4.78 is 5.40. The number of methoxy groups -OCH3 is 1. The third-order valence-corrected chi connectivity index (χ3v) is 5.43. The summed E-state index contributed by atoms with van der Waals surface area (Å²) in [6, 6.07) is 1.58. The number of amides is 2. The Morgan fingerprint density at radius 2 is 2.11 bits per heavy atom. The zero-order valence-electron chi connectivity index (χ0n) is 16.5. The molecule has 148 valence electrons. The first kappa shape index (κ1) is 19.6. The Morgan fingerprint density at radius 3 is 2.74 bits per heavy atom. The molecule has 1 aromatic heterocycles. The van der Waals surface area contributed by atoms with Gasteiger partial charge in [-0.3, -0.25) is 9.59 Å². The van der Waals surface area contributed by atoms with Crippen molar-refractivity contribution >= 4 is 11.8 Å². The van der Waals surface area contributed by atoms with Gasteiger partial charge in [-0.25, -0.2) is 4.98 Å². The van der Waals surface area contributed by atoms with Crippen LogP contribution in [-0.4, -0.2) is 40.9 Å². The number of nitrogens with zero attached hydrogens (tertiary/aromatic N) is 2. The number of hydrogen-bond donors (Lipinski definition) is 2. The molecule has 2 aliphatic rings. The molecule has 0 spiro atoms. The smallest absolute Gasteiger partial charge is 0.256 e. The molecule has 1 atom stereocenters. The van der Waals surface area contributed by atoms with Crippen molar-refractivity contribution in [1.29, 1.82) is 0 Å². The molecule has 2 heterocycles. The molecule has 1 aromatic rings. The molecular formula is C20H30N4O3. The molecule has 27 heavy (non-hydrogen) atoms. The fourth-order valence-corrected chi connectivity index (χ4v) is 4.01. The van der Waals surface area contributed by atoms with Crippen molar-refractivity contribution < 1.29 is 14.3 Å². The SMILES string of the molecule is COc1nc2c(cc1CNC(=O)[C@@H](N)CC(C)C)C(=O)N(C1CCCC1)C2. The monoisotopic (exact) mass is 374 g/mol. The summed E-state index contributed by atoms with van der Waals surface area (Å²) in [6.45, 7) is 4.84. The van der Waals surface area contributed by atoms with Crippen molar-refractivity contribution in [2.24, 2.45) is 11.7 Å². The molecule has 3 rings (SSSR count). The molecule has 1 aliphatic heterocycles. The number of carbonyl (C=O) groups excluding carboxylic acids is 2. The van der Waals surface area contributed by atoms with Gasteiger partial charge < -0.3 is 20.7 Å². The summed E-state index contributed by atoms with van der Waals surface area (Å²) in [5.74, 6) is 0.634. The van der Waals surface area contributed by atoms with Crippen LogP contribution in [0.3, 0.4) is 0 Å². The zero-order valence-corrected chi connectivity index (χ0v) is 16.5. The Kier molecular flexibility index (Phi) is 5.99. The number of nitrogens with one attached hydrogen (secondary N) is 1. The molecular weight excluding hydrogens is 344 g/mol. The highest BCUT2D eigenvalue weighted by Crippen LogP contribution is 2.33. The summed E-state index contributed by atoms with van der Waals surface area (Å²) in [5, 5.41) is 2.84. The van der Waals surface area contributed by atoms with E-state index in [1.807, 2.05) is 24.8 Å². The van der Waals surface area contributed by atoms with E-state index in [-0.39, 0.29) is 18.4 Å². The second-order valence-corrected chi connectivity index (χ2v) is 7.98. The zero-order chi connectivity index (χ0) is 19.6. The largest absolute Gasteiger partial charge is 0.481 e. The maximum absolute atomic E-state index is 12.8. The van der Waals surface area contributed by atoms with Gasteiger partial charge in [0, 0.05) is 18.2 Å². The first-order valence-corrected chi connectivity index (χ1v) is 9.81. The number of aromatic nitrogens is 1. The molecule has 0 radical (unpaired) electrons. The number of ether oxygens (including phenoxy) is 1. The van der Waals surface area contributed by atoms with Gasteiger partial charge in [0.1, 0.15) is 0 Å². The average molecular weight is 374 g/mol. The Morgan fingerprint density at radius 1 is 1.41 bits per heavy atom. The van der Waals surface area contributed by atoms with Gasteiger partial charge in [0.25, 0.3) is 5.91 Å². The minimum atomic E-state index is -0.544. The quantitative estimate of drug-likeness (QED) is 0.760. The van der Waals surface area contributed by atoms with Crippen LogP contribution in [0.25, 0.3) is 0 Å². The Labute approximate surface area is 160 Å². The topological polar surface area (TPSA) is 97.5 Å². The summed E-state index contributed by atoms with van der Waals surface area (Å²) in [5.41, 5.74) is 8.01. The standard InChI is InChI=1S/C20H30N4O3/c1-12(2)8-16(21)18(25)22-10-13-9-15-17(23-19(13)27-3)11-24(20(15)26)14-6-4-5-7-14/h9,12,14,16H,4-8,10-11,21H2,1-3H3,(H,22,25)/t16-/m0/s1. The molecule has 2 amide bonds. The van der Waals surface area contributed by atoms with Crippen LogP contribution in [0.4, 0.5) is 0 Å². The number of rotatable bonds is 7. The summed E-state index contributed by atoms with van der Waals surface area (Å²) in [7, 11) is 1.55. The molecule has 1 aliphatic carbocycles.